The van der Waals surface area contributed by atoms with E-state index < -0.39 is 0 Å². The highest BCUT2D eigenvalue weighted by Gasteiger charge is 2.30. The molecule has 1 fully saturated rings. The average Bonchev–Trinajstić information content (AvgIpc) is 2.44. The third-order valence-corrected chi connectivity index (χ3v) is 4.31. The molecule has 4 nitrogen and oxygen atoms in total. The van der Waals surface area contributed by atoms with Crippen molar-refractivity contribution in [2.75, 3.05) is 26.7 Å². The van der Waals surface area contributed by atoms with E-state index in [4.69, 9.17) is 5.73 Å². The van der Waals surface area contributed by atoms with Crippen molar-refractivity contribution in [3.63, 3.8) is 0 Å². The van der Waals surface area contributed by atoms with Crippen LogP contribution in [0.25, 0.3) is 0 Å². The van der Waals surface area contributed by atoms with Crippen LogP contribution in [0, 0.1) is 0 Å². The maximum Gasteiger partial charge on any atom is 0.0501 e. The molecule has 0 saturated carbocycles. The molecule has 0 amide bonds. The van der Waals surface area contributed by atoms with Gasteiger partial charge >= 0.3 is 0 Å². The zero-order valence-electron chi connectivity index (χ0n) is 12.3. The minimum absolute atomic E-state index is 0.179. The molecule has 0 spiro atoms. The zero-order chi connectivity index (χ0) is 13.8. The molecule has 1 aromatic rings. The molecule has 19 heavy (non-hydrogen) atoms. The summed E-state index contributed by atoms with van der Waals surface area (Å²) in [5, 5.41) is 0. The number of hydrogen-bond donors (Lipinski definition) is 1. The molecule has 106 valence electrons. The lowest BCUT2D eigenvalue weighted by Crippen LogP contribution is -2.54. The Labute approximate surface area is 116 Å². The lowest BCUT2D eigenvalue weighted by molar-refractivity contribution is 0.0611. The van der Waals surface area contributed by atoms with Gasteiger partial charge in [0.25, 0.3) is 0 Å². The predicted molar refractivity (Wildman–Crippen MR) is 78.9 cm³/mol. The lowest BCUT2D eigenvalue weighted by atomic mass is 9.95. The van der Waals surface area contributed by atoms with Gasteiger partial charge in [0.2, 0.25) is 0 Å². The number of nitrogens with zero attached hydrogens (tertiary/aromatic N) is 3. The molecule has 2 heterocycles. The normalized spacial score (nSPS) is 25.2. The predicted octanol–water partition coefficient (Wildman–Crippen LogP) is 1.50. The van der Waals surface area contributed by atoms with E-state index in [1.165, 1.54) is 5.56 Å². The Balaban J connectivity index is 2.19. The third kappa shape index (κ3) is 3.32. The monoisotopic (exact) mass is 262 g/mol. The van der Waals surface area contributed by atoms with Crippen LogP contribution in [0.3, 0.4) is 0 Å². The Hall–Kier alpha value is -0.970. The van der Waals surface area contributed by atoms with Crippen LogP contribution in [0.2, 0.25) is 0 Å². The van der Waals surface area contributed by atoms with Gasteiger partial charge in [-0.25, -0.2) is 0 Å². The van der Waals surface area contributed by atoms with Crippen molar-refractivity contribution in [1.82, 2.24) is 14.8 Å². The fraction of sp³-hybridized carbons (Fsp3) is 0.667. The summed E-state index contributed by atoms with van der Waals surface area (Å²) in [6.07, 6.45) is 4.72. The van der Waals surface area contributed by atoms with Crippen LogP contribution in [-0.2, 0) is 0 Å². The quantitative estimate of drug-likeness (QED) is 0.893. The number of hydrogen-bond acceptors (Lipinski definition) is 4. The van der Waals surface area contributed by atoms with E-state index >= 15 is 0 Å². The summed E-state index contributed by atoms with van der Waals surface area (Å²) in [6.45, 7) is 7.73. The summed E-state index contributed by atoms with van der Waals surface area (Å²) in [4.78, 5) is 9.07. The second-order valence-electron chi connectivity index (χ2n) is 5.62. The number of nitrogens with two attached hydrogens (primary N) is 1. The van der Waals surface area contributed by atoms with E-state index in [0.717, 1.165) is 26.1 Å². The van der Waals surface area contributed by atoms with Crippen LogP contribution in [0.15, 0.2) is 24.5 Å². The molecular formula is C15H26N4. The Morgan fingerprint density at radius 3 is 2.63 bits per heavy atom. The molecule has 2 N–H and O–H groups in total. The minimum Gasteiger partial charge on any atom is -0.326 e. The molecule has 1 aliphatic rings. The van der Waals surface area contributed by atoms with Crippen molar-refractivity contribution in [1.29, 1.82) is 0 Å². The van der Waals surface area contributed by atoms with E-state index in [-0.39, 0.29) is 6.04 Å². The van der Waals surface area contributed by atoms with E-state index in [9.17, 15) is 0 Å². The van der Waals surface area contributed by atoms with Crippen molar-refractivity contribution in [3.05, 3.63) is 30.1 Å². The molecule has 3 unspecified atom stereocenters. The molecule has 0 radical (unpaired) electrons. The van der Waals surface area contributed by atoms with Gasteiger partial charge in [0, 0.05) is 44.1 Å². The van der Waals surface area contributed by atoms with E-state index in [0.29, 0.717) is 12.1 Å². The Morgan fingerprint density at radius 1 is 1.37 bits per heavy atom. The summed E-state index contributed by atoms with van der Waals surface area (Å²) in [7, 11) is 2.20. The van der Waals surface area contributed by atoms with Crippen LogP contribution >= 0.6 is 0 Å². The highest BCUT2D eigenvalue weighted by molar-refractivity contribution is 5.18. The first-order valence-electron chi connectivity index (χ1n) is 7.23. The zero-order valence-corrected chi connectivity index (χ0v) is 12.3. The second-order valence-corrected chi connectivity index (χ2v) is 5.62. The molecule has 1 aliphatic heterocycles. The van der Waals surface area contributed by atoms with Crippen LogP contribution < -0.4 is 5.73 Å². The van der Waals surface area contributed by atoms with Crippen molar-refractivity contribution in [3.8, 4) is 0 Å². The largest absolute Gasteiger partial charge is 0.326 e. The van der Waals surface area contributed by atoms with Gasteiger partial charge in [-0.15, -0.1) is 0 Å². The number of piperazine rings is 1. The fourth-order valence-electron chi connectivity index (χ4n) is 2.84. The maximum absolute atomic E-state index is 6.38. The van der Waals surface area contributed by atoms with E-state index in [2.05, 4.69) is 47.8 Å². The van der Waals surface area contributed by atoms with E-state index in [1.807, 2.05) is 12.4 Å². The Morgan fingerprint density at radius 2 is 2.05 bits per heavy atom. The van der Waals surface area contributed by atoms with Gasteiger partial charge in [-0.2, -0.15) is 0 Å². The van der Waals surface area contributed by atoms with Gasteiger partial charge in [-0.05, 0) is 38.1 Å². The number of pyridine rings is 1. The van der Waals surface area contributed by atoms with Crippen LogP contribution in [0.5, 0.6) is 0 Å². The summed E-state index contributed by atoms with van der Waals surface area (Å²) >= 11 is 0. The first-order chi connectivity index (χ1) is 9.13. The van der Waals surface area contributed by atoms with Gasteiger partial charge in [-0.3, -0.25) is 9.88 Å². The van der Waals surface area contributed by atoms with Crippen molar-refractivity contribution in [2.45, 2.75) is 38.4 Å². The van der Waals surface area contributed by atoms with Gasteiger partial charge in [-0.1, -0.05) is 6.92 Å². The van der Waals surface area contributed by atoms with Gasteiger partial charge in [0.1, 0.15) is 0 Å². The van der Waals surface area contributed by atoms with Crippen LogP contribution in [-0.4, -0.2) is 53.5 Å². The SMILES string of the molecule is CCC(N)C(c1ccncc1)N1CCN(C)C(C)C1. The molecular weight excluding hydrogens is 236 g/mol. The maximum atomic E-state index is 6.38. The second kappa shape index (κ2) is 6.46. The van der Waals surface area contributed by atoms with Crippen molar-refractivity contribution >= 4 is 0 Å². The molecule has 0 aliphatic carbocycles. The van der Waals surface area contributed by atoms with Crippen molar-refractivity contribution < 1.29 is 0 Å². The smallest absolute Gasteiger partial charge is 0.0501 e. The molecule has 1 aromatic heterocycles. The Bertz CT molecular complexity index is 381. The minimum atomic E-state index is 0.179. The molecule has 3 atom stereocenters. The van der Waals surface area contributed by atoms with Crippen LogP contribution in [0.4, 0.5) is 0 Å². The average molecular weight is 262 g/mol. The highest BCUT2D eigenvalue weighted by atomic mass is 15.3. The lowest BCUT2D eigenvalue weighted by Gasteiger charge is -2.43. The summed E-state index contributed by atoms with van der Waals surface area (Å²) in [5.41, 5.74) is 7.68. The first kappa shape index (κ1) is 14.4. The number of rotatable bonds is 4. The highest BCUT2D eigenvalue weighted by Crippen LogP contribution is 2.26. The summed E-state index contributed by atoms with van der Waals surface area (Å²) < 4.78 is 0. The van der Waals surface area contributed by atoms with Gasteiger partial charge < -0.3 is 10.6 Å². The van der Waals surface area contributed by atoms with Crippen molar-refractivity contribution in [2.24, 2.45) is 5.73 Å². The fourth-order valence-corrected chi connectivity index (χ4v) is 2.84. The topological polar surface area (TPSA) is 45.4 Å². The molecule has 1 saturated heterocycles. The van der Waals surface area contributed by atoms with Gasteiger partial charge in [0.15, 0.2) is 0 Å². The van der Waals surface area contributed by atoms with Gasteiger partial charge in [0.05, 0.1) is 6.04 Å². The number of aromatic nitrogens is 1. The summed E-state index contributed by atoms with van der Waals surface area (Å²) in [6, 6.07) is 5.27. The number of likely N-dealkylation sites (N-methyl/N-ethyl adjacent to an activating group) is 1. The molecule has 0 bridgehead atoms. The molecule has 2 rings (SSSR count). The van der Waals surface area contributed by atoms with E-state index in [1.54, 1.807) is 0 Å². The molecule has 0 aromatic carbocycles. The summed E-state index contributed by atoms with van der Waals surface area (Å²) in [5.74, 6) is 0. The standard InChI is InChI=1S/C15H26N4/c1-4-14(16)15(13-5-7-17-8-6-13)19-10-9-18(3)12(2)11-19/h5-8,12,14-15H,4,9-11,16H2,1-3H3. The first-order valence-corrected chi connectivity index (χ1v) is 7.23. The third-order valence-electron chi connectivity index (χ3n) is 4.31. The van der Waals surface area contributed by atoms with Crippen LogP contribution in [0.1, 0.15) is 31.9 Å². The molecule has 4 heteroatoms. The Kier molecular flexibility index (Phi) is 4.91.